The molecule has 0 spiro atoms. The van der Waals surface area contributed by atoms with Crippen molar-refractivity contribution in [2.75, 3.05) is 11.9 Å². The van der Waals surface area contributed by atoms with Crippen molar-refractivity contribution in [3.05, 3.63) is 63.6 Å². The van der Waals surface area contributed by atoms with E-state index in [1.807, 2.05) is 43.3 Å². The Morgan fingerprint density at radius 2 is 1.74 bits per heavy atom. The van der Waals surface area contributed by atoms with Crippen molar-refractivity contribution in [1.29, 1.82) is 0 Å². The molecule has 100 valence electrons. The first-order valence-corrected chi connectivity index (χ1v) is 6.76. The fourth-order valence-corrected chi connectivity index (χ4v) is 2.46. The first-order valence-electron chi connectivity index (χ1n) is 6.01. The topological polar surface area (TPSA) is 32.3 Å². The number of hydrogen-bond acceptors (Lipinski definition) is 2. The smallest absolute Gasteiger partial charge is 0.0976 e. The number of rotatable bonds is 4. The van der Waals surface area contributed by atoms with Crippen molar-refractivity contribution >= 4 is 28.9 Å². The largest absolute Gasteiger partial charge is 0.387 e. The molecule has 19 heavy (non-hydrogen) atoms. The standard InChI is InChI=1S/C15H15Cl2NO/c1-10-5-4-8-13(17)15(10)18-9-14(19)11-6-2-3-7-12(11)16/h2-8,14,18-19H,9H2,1H3. The van der Waals surface area contributed by atoms with Gasteiger partial charge in [-0.3, -0.25) is 0 Å². The molecule has 0 saturated carbocycles. The Labute approximate surface area is 123 Å². The van der Waals surface area contributed by atoms with E-state index in [9.17, 15) is 5.11 Å². The number of anilines is 1. The lowest BCUT2D eigenvalue weighted by atomic mass is 10.1. The van der Waals surface area contributed by atoms with E-state index in [0.29, 0.717) is 22.2 Å². The molecule has 0 amide bonds. The van der Waals surface area contributed by atoms with E-state index in [1.165, 1.54) is 0 Å². The maximum absolute atomic E-state index is 10.2. The highest BCUT2D eigenvalue weighted by Gasteiger charge is 2.12. The van der Waals surface area contributed by atoms with Crippen LogP contribution >= 0.6 is 23.2 Å². The Kier molecular flexibility index (Phi) is 4.70. The molecule has 2 aromatic rings. The van der Waals surface area contributed by atoms with E-state index in [1.54, 1.807) is 6.07 Å². The average Bonchev–Trinajstić information content (AvgIpc) is 2.38. The van der Waals surface area contributed by atoms with E-state index in [4.69, 9.17) is 23.2 Å². The van der Waals surface area contributed by atoms with E-state index < -0.39 is 6.10 Å². The Morgan fingerprint density at radius 1 is 1.05 bits per heavy atom. The maximum Gasteiger partial charge on any atom is 0.0976 e. The van der Waals surface area contributed by atoms with Crippen molar-refractivity contribution in [2.45, 2.75) is 13.0 Å². The van der Waals surface area contributed by atoms with Crippen LogP contribution in [-0.2, 0) is 0 Å². The summed E-state index contributed by atoms with van der Waals surface area (Å²) in [5.74, 6) is 0. The molecule has 0 radical (unpaired) electrons. The van der Waals surface area contributed by atoms with Crippen molar-refractivity contribution in [2.24, 2.45) is 0 Å². The fourth-order valence-electron chi connectivity index (χ4n) is 1.91. The minimum atomic E-state index is -0.677. The highest BCUT2D eigenvalue weighted by molar-refractivity contribution is 6.33. The average molecular weight is 296 g/mol. The predicted octanol–water partition coefficient (Wildman–Crippen LogP) is 4.45. The SMILES string of the molecule is Cc1cccc(Cl)c1NCC(O)c1ccccc1Cl. The second-order valence-electron chi connectivity index (χ2n) is 4.35. The van der Waals surface area contributed by atoms with E-state index in [-0.39, 0.29) is 0 Å². The zero-order chi connectivity index (χ0) is 13.8. The Bertz CT molecular complexity index is 552. The summed E-state index contributed by atoms with van der Waals surface area (Å²) in [5, 5.41) is 14.5. The van der Waals surface area contributed by atoms with Crippen molar-refractivity contribution in [3.63, 3.8) is 0 Å². The molecule has 0 saturated heterocycles. The number of aryl methyl sites for hydroxylation is 1. The monoisotopic (exact) mass is 295 g/mol. The number of nitrogens with one attached hydrogen (secondary N) is 1. The van der Waals surface area contributed by atoms with Crippen LogP contribution in [0, 0.1) is 6.92 Å². The second kappa shape index (κ2) is 6.29. The maximum atomic E-state index is 10.2. The van der Waals surface area contributed by atoms with Gasteiger partial charge in [0.2, 0.25) is 0 Å². The molecule has 0 aliphatic carbocycles. The van der Waals surface area contributed by atoms with Gasteiger partial charge in [-0.2, -0.15) is 0 Å². The summed E-state index contributed by atoms with van der Waals surface area (Å²) in [7, 11) is 0. The fraction of sp³-hybridized carbons (Fsp3) is 0.200. The van der Waals surface area contributed by atoms with Crippen LogP contribution in [0.1, 0.15) is 17.2 Å². The van der Waals surface area contributed by atoms with Gasteiger partial charge in [-0.15, -0.1) is 0 Å². The second-order valence-corrected chi connectivity index (χ2v) is 5.16. The molecule has 2 aromatic carbocycles. The van der Waals surface area contributed by atoms with Gasteiger partial charge < -0.3 is 10.4 Å². The first kappa shape index (κ1) is 14.2. The summed E-state index contributed by atoms with van der Waals surface area (Å²) < 4.78 is 0. The summed E-state index contributed by atoms with van der Waals surface area (Å²) in [5.41, 5.74) is 2.59. The van der Waals surface area contributed by atoms with Crippen LogP contribution in [0.2, 0.25) is 10.0 Å². The Morgan fingerprint density at radius 3 is 2.42 bits per heavy atom. The third-order valence-electron chi connectivity index (χ3n) is 2.96. The summed E-state index contributed by atoms with van der Waals surface area (Å²) in [6.07, 6.45) is -0.677. The molecule has 0 aliphatic heterocycles. The predicted molar refractivity (Wildman–Crippen MR) is 81.1 cm³/mol. The van der Waals surface area contributed by atoms with E-state index >= 15 is 0 Å². The summed E-state index contributed by atoms with van der Waals surface area (Å²) in [6, 6.07) is 13.0. The number of aliphatic hydroxyl groups is 1. The molecule has 4 heteroatoms. The highest BCUT2D eigenvalue weighted by Crippen LogP contribution is 2.27. The highest BCUT2D eigenvalue weighted by atomic mass is 35.5. The van der Waals surface area contributed by atoms with Crippen LogP contribution in [0.25, 0.3) is 0 Å². The van der Waals surface area contributed by atoms with Gasteiger partial charge in [0, 0.05) is 17.1 Å². The van der Waals surface area contributed by atoms with Crippen LogP contribution in [0.3, 0.4) is 0 Å². The van der Waals surface area contributed by atoms with Crippen LogP contribution in [0.15, 0.2) is 42.5 Å². The quantitative estimate of drug-likeness (QED) is 0.873. The van der Waals surface area contributed by atoms with Crippen LogP contribution in [0.5, 0.6) is 0 Å². The van der Waals surface area contributed by atoms with E-state index in [0.717, 1.165) is 11.3 Å². The molecule has 0 aromatic heterocycles. The van der Waals surface area contributed by atoms with Crippen molar-refractivity contribution in [1.82, 2.24) is 0 Å². The van der Waals surface area contributed by atoms with Crippen LogP contribution in [0.4, 0.5) is 5.69 Å². The lowest BCUT2D eigenvalue weighted by Crippen LogP contribution is -2.13. The third kappa shape index (κ3) is 3.41. The Hall–Kier alpha value is -1.22. The molecule has 0 heterocycles. The molecule has 2 N–H and O–H groups in total. The van der Waals surface area contributed by atoms with Crippen LogP contribution < -0.4 is 5.32 Å². The Balaban J connectivity index is 2.09. The van der Waals surface area contributed by atoms with Gasteiger partial charge >= 0.3 is 0 Å². The number of benzene rings is 2. The molecule has 0 fully saturated rings. The molecule has 0 aliphatic rings. The molecule has 0 bridgehead atoms. The van der Waals surface area contributed by atoms with E-state index in [2.05, 4.69) is 5.32 Å². The minimum Gasteiger partial charge on any atom is -0.387 e. The number of para-hydroxylation sites is 1. The van der Waals surface area contributed by atoms with Gasteiger partial charge in [0.15, 0.2) is 0 Å². The normalized spacial score (nSPS) is 12.2. The third-order valence-corrected chi connectivity index (χ3v) is 3.62. The number of halogens is 2. The lowest BCUT2D eigenvalue weighted by Gasteiger charge is -2.16. The van der Waals surface area contributed by atoms with Gasteiger partial charge in [-0.05, 0) is 24.6 Å². The summed E-state index contributed by atoms with van der Waals surface area (Å²) in [4.78, 5) is 0. The van der Waals surface area contributed by atoms with Crippen molar-refractivity contribution in [3.8, 4) is 0 Å². The summed E-state index contributed by atoms with van der Waals surface area (Å²) >= 11 is 12.2. The molecule has 1 atom stereocenters. The lowest BCUT2D eigenvalue weighted by molar-refractivity contribution is 0.191. The van der Waals surface area contributed by atoms with Gasteiger partial charge in [0.25, 0.3) is 0 Å². The molecule has 2 nitrogen and oxygen atoms in total. The van der Waals surface area contributed by atoms with Gasteiger partial charge in [0.1, 0.15) is 0 Å². The number of aliphatic hydroxyl groups excluding tert-OH is 1. The molecular weight excluding hydrogens is 281 g/mol. The van der Waals surface area contributed by atoms with Gasteiger partial charge in [0.05, 0.1) is 16.8 Å². The van der Waals surface area contributed by atoms with Gasteiger partial charge in [-0.25, -0.2) is 0 Å². The zero-order valence-corrected chi connectivity index (χ0v) is 12.0. The molecular formula is C15H15Cl2NO. The van der Waals surface area contributed by atoms with Crippen molar-refractivity contribution < 1.29 is 5.11 Å². The summed E-state index contributed by atoms with van der Waals surface area (Å²) in [6.45, 7) is 2.32. The van der Waals surface area contributed by atoms with Gasteiger partial charge in [-0.1, -0.05) is 53.5 Å². The van der Waals surface area contributed by atoms with Crippen LogP contribution in [-0.4, -0.2) is 11.7 Å². The molecule has 2 rings (SSSR count). The molecule has 1 unspecified atom stereocenters. The number of hydrogen-bond donors (Lipinski definition) is 2. The zero-order valence-electron chi connectivity index (χ0n) is 10.5. The first-order chi connectivity index (χ1) is 9.09. The minimum absolute atomic E-state index is 0.355.